The highest BCUT2D eigenvalue weighted by atomic mass is 14.7. The van der Waals surface area contributed by atoms with Crippen molar-refractivity contribution in [1.29, 1.82) is 0 Å². The van der Waals surface area contributed by atoms with Crippen molar-refractivity contribution in [1.82, 2.24) is 4.98 Å². The number of hydrogen-bond acceptors (Lipinski definition) is 2. The quantitative estimate of drug-likeness (QED) is 0.663. The first-order chi connectivity index (χ1) is 6.97. The van der Waals surface area contributed by atoms with Crippen molar-refractivity contribution < 1.29 is 0 Å². The fraction of sp³-hybridized carbons (Fsp3) is 0.308. The molecule has 0 saturated carbocycles. The Morgan fingerprint density at radius 1 is 1.07 bits per heavy atom. The number of nitrogen functional groups attached to an aromatic ring is 1. The summed E-state index contributed by atoms with van der Waals surface area (Å²) in [6.07, 6.45) is 1.91. The maximum atomic E-state index is 5.76. The summed E-state index contributed by atoms with van der Waals surface area (Å²) in [6, 6.07) is 8.02. The van der Waals surface area contributed by atoms with Gasteiger partial charge in [0, 0.05) is 28.4 Å². The van der Waals surface area contributed by atoms with E-state index in [2.05, 4.69) is 31.8 Å². The normalized spacial score (nSPS) is 11.9. The summed E-state index contributed by atoms with van der Waals surface area (Å²) in [4.78, 5) is 4.47. The molecule has 15 heavy (non-hydrogen) atoms. The lowest BCUT2D eigenvalue weighted by molar-refractivity contribution is 0.570. The molecule has 2 heteroatoms. The van der Waals surface area contributed by atoms with E-state index < -0.39 is 0 Å². The van der Waals surface area contributed by atoms with Gasteiger partial charge in [0.05, 0.1) is 0 Å². The zero-order valence-electron chi connectivity index (χ0n) is 9.41. The Labute approximate surface area is 90.1 Å². The number of rotatable bonds is 0. The molecule has 0 radical (unpaired) electrons. The third-order valence-electron chi connectivity index (χ3n) is 2.51. The fourth-order valence-corrected chi connectivity index (χ4v) is 1.57. The average Bonchev–Trinajstić information content (AvgIpc) is 2.15. The molecule has 2 N–H and O–H groups in total. The van der Waals surface area contributed by atoms with Crippen LogP contribution in [0.5, 0.6) is 0 Å². The second kappa shape index (κ2) is 3.23. The van der Waals surface area contributed by atoms with E-state index >= 15 is 0 Å². The van der Waals surface area contributed by atoms with E-state index in [4.69, 9.17) is 5.73 Å². The number of fused-ring (bicyclic) bond motifs is 1. The van der Waals surface area contributed by atoms with Gasteiger partial charge < -0.3 is 5.73 Å². The zero-order chi connectivity index (χ0) is 11.1. The van der Waals surface area contributed by atoms with E-state index in [-0.39, 0.29) is 5.41 Å². The summed E-state index contributed by atoms with van der Waals surface area (Å²) in [6.45, 7) is 6.48. The molecule has 2 nitrogen and oxygen atoms in total. The van der Waals surface area contributed by atoms with E-state index in [0.29, 0.717) is 0 Å². The molecule has 0 aliphatic carbocycles. The van der Waals surface area contributed by atoms with E-state index in [0.717, 1.165) is 22.2 Å². The van der Waals surface area contributed by atoms with Gasteiger partial charge in [-0.15, -0.1) is 0 Å². The Bertz CT molecular complexity index is 495. The highest BCUT2D eigenvalue weighted by Crippen LogP contribution is 2.24. The first kappa shape index (κ1) is 9.97. The van der Waals surface area contributed by atoms with E-state index in [1.54, 1.807) is 0 Å². The van der Waals surface area contributed by atoms with Crippen molar-refractivity contribution in [3.63, 3.8) is 0 Å². The molecule has 2 rings (SSSR count). The SMILES string of the molecule is CC(C)(C)c1cc2cc(N)ccc2cn1. The van der Waals surface area contributed by atoms with Gasteiger partial charge in [0.1, 0.15) is 0 Å². The first-order valence-corrected chi connectivity index (χ1v) is 5.12. The minimum Gasteiger partial charge on any atom is -0.399 e. The molecule has 1 aromatic heterocycles. The Morgan fingerprint density at radius 3 is 2.47 bits per heavy atom. The number of aromatic nitrogens is 1. The number of nitrogens with two attached hydrogens (primary N) is 1. The van der Waals surface area contributed by atoms with Gasteiger partial charge in [-0.05, 0) is 23.6 Å². The monoisotopic (exact) mass is 200 g/mol. The molecule has 0 aliphatic rings. The smallest absolute Gasteiger partial charge is 0.0463 e. The van der Waals surface area contributed by atoms with Gasteiger partial charge in [-0.25, -0.2) is 0 Å². The number of benzene rings is 1. The predicted molar refractivity (Wildman–Crippen MR) is 64.9 cm³/mol. The summed E-state index contributed by atoms with van der Waals surface area (Å²) < 4.78 is 0. The Balaban J connectivity index is 2.64. The van der Waals surface area contributed by atoms with Crippen molar-refractivity contribution in [2.24, 2.45) is 0 Å². The fourth-order valence-electron chi connectivity index (χ4n) is 1.57. The van der Waals surface area contributed by atoms with Crippen LogP contribution in [-0.2, 0) is 5.41 Å². The van der Waals surface area contributed by atoms with Crippen LogP contribution in [0.2, 0.25) is 0 Å². The molecule has 2 aromatic rings. The zero-order valence-corrected chi connectivity index (χ0v) is 9.41. The number of nitrogens with zero attached hydrogens (tertiary/aromatic N) is 1. The van der Waals surface area contributed by atoms with Crippen molar-refractivity contribution in [2.45, 2.75) is 26.2 Å². The van der Waals surface area contributed by atoms with Gasteiger partial charge in [0.2, 0.25) is 0 Å². The summed E-state index contributed by atoms with van der Waals surface area (Å²) >= 11 is 0. The van der Waals surface area contributed by atoms with Crippen LogP contribution < -0.4 is 5.73 Å². The van der Waals surface area contributed by atoms with Crippen molar-refractivity contribution in [3.8, 4) is 0 Å². The molecule has 0 fully saturated rings. The Kier molecular flexibility index (Phi) is 2.14. The van der Waals surface area contributed by atoms with Gasteiger partial charge in [-0.1, -0.05) is 26.8 Å². The van der Waals surface area contributed by atoms with Gasteiger partial charge in [-0.2, -0.15) is 0 Å². The molecule has 0 saturated heterocycles. The van der Waals surface area contributed by atoms with Crippen molar-refractivity contribution in [3.05, 3.63) is 36.2 Å². The Morgan fingerprint density at radius 2 is 1.80 bits per heavy atom. The number of hydrogen-bond donors (Lipinski definition) is 1. The molecule has 0 aliphatic heterocycles. The summed E-state index contributed by atoms with van der Waals surface area (Å²) in [5.74, 6) is 0. The minimum atomic E-state index is 0.0821. The highest BCUT2D eigenvalue weighted by Gasteiger charge is 2.15. The van der Waals surface area contributed by atoms with Gasteiger partial charge >= 0.3 is 0 Å². The van der Waals surface area contributed by atoms with Crippen LogP contribution in [0.3, 0.4) is 0 Å². The van der Waals surface area contributed by atoms with E-state index in [9.17, 15) is 0 Å². The Hall–Kier alpha value is -1.57. The van der Waals surface area contributed by atoms with Crippen LogP contribution >= 0.6 is 0 Å². The standard InChI is InChI=1S/C13H16N2/c1-13(2,3)12-7-10-6-11(14)5-4-9(10)8-15-12/h4-8H,14H2,1-3H3. The molecular weight excluding hydrogens is 184 g/mol. The summed E-state index contributed by atoms with van der Waals surface area (Å²) in [5, 5.41) is 2.30. The average molecular weight is 200 g/mol. The van der Waals surface area contributed by atoms with E-state index in [1.807, 2.05) is 24.4 Å². The molecule has 0 amide bonds. The van der Waals surface area contributed by atoms with Crippen LogP contribution in [0.4, 0.5) is 5.69 Å². The van der Waals surface area contributed by atoms with Crippen LogP contribution in [-0.4, -0.2) is 4.98 Å². The van der Waals surface area contributed by atoms with Crippen LogP contribution in [0.25, 0.3) is 10.8 Å². The largest absolute Gasteiger partial charge is 0.399 e. The third-order valence-corrected chi connectivity index (χ3v) is 2.51. The maximum absolute atomic E-state index is 5.76. The predicted octanol–water partition coefficient (Wildman–Crippen LogP) is 3.11. The van der Waals surface area contributed by atoms with Gasteiger partial charge in [-0.3, -0.25) is 4.98 Å². The van der Waals surface area contributed by atoms with Crippen molar-refractivity contribution >= 4 is 16.5 Å². The second-order valence-corrected chi connectivity index (χ2v) is 4.93. The molecule has 0 unspecified atom stereocenters. The maximum Gasteiger partial charge on any atom is 0.0463 e. The first-order valence-electron chi connectivity index (χ1n) is 5.12. The summed E-state index contributed by atoms with van der Waals surface area (Å²) in [5.41, 5.74) is 7.74. The second-order valence-electron chi connectivity index (χ2n) is 4.93. The summed E-state index contributed by atoms with van der Waals surface area (Å²) in [7, 11) is 0. The topological polar surface area (TPSA) is 38.9 Å². The van der Waals surface area contributed by atoms with E-state index in [1.165, 1.54) is 0 Å². The molecule has 1 heterocycles. The molecule has 78 valence electrons. The molecule has 0 spiro atoms. The van der Waals surface area contributed by atoms with Crippen molar-refractivity contribution in [2.75, 3.05) is 5.73 Å². The van der Waals surface area contributed by atoms with Crippen LogP contribution in [0, 0.1) is 0 Å². The van der Waals surface area contributed by atoms with Crippen LogP contribution in [0.1, 0.15) is 26.5 Å². The number of anilines is 1. The number of pyridine rings is 1. The van der Waals surface area contributed by atoms with Gasteiger partial charge in [0.15, 0.2) is 0 Å². The lowest BCUT2D eigenvalue weighted by Gasteiger charge is -2.17. The minimum absolute atomic E-state index is 0.0821. The molecule has 1 aromatic carbocycles. The lowest BCUT2D eigenvalue weighted by atomic mass is 9.90. The molecular formula is C13H16N2. The third kappa shape index (κ3) is 1.94. The van der Waals surface area contributed by atoms with Crippen LogP contribution in [0.15, 0.2) is 30.5 Å². The highest BCUT2D eigenvalue weighted by molar-refractivity contribution is 5.85. The molecule has 0 atom stereocenters. The van der Waals surface area contributed by atoms with Gasteiger partial charge in [0.25, 0.3) is 0 Å². The molecule has 0 bridgehead atoms. The lowest BCUT2D eigenvalue weighted by Crippen LogP contribution is -2.12.